The molecule has 0 aliphatic carbocycles. The molecule has 0 unspecified atom stereocenters. The van der Waals surface area contributed by atoms with Crippen molar-refractivity contribution in [2.24, 2.45) is 0 Å². The number of nitrogens with one attached hydrogen (secondary N) is 2. The van der Waals surface area contributed by atoms with Gasteiger partial charge in [0.05, 0.1) is 18.6 Å². The Morgan fingerprint density at radius 3 is 2.62 bits per heavy atom. The Morgan fingerprint density at radius 2 is 1.90 bits per heavy atom. The molecule has 0 atom stereocenters. The largest absolute Gasteiger partial charge is 0.496 e. The van der Waals surface area contributed by atoms with Crippen LogP contribution in [0.25, 0.3) is 0 Å². The van der Waals surface area contributed by atoms with E-state index in [2.05, 4.69) is 10.6 Å². The number of hydrogen-bond acceptors (Lipinski definition) is 5. The molecule has 2 aromatic rings. The third-order valence-electron chi connectivity index (χ3n) is 4.57. The molecule has 1 heterocycles. The van der Waals surface area contributed by atoms with E-state index in [1.807, 2.05) is 24.3 Å². The molecule has 0 aromatic heterocycles. The van der Waals surface area contributed by atoms with Gasteiger partial charge in [0.15, 0.2) is 0 Å². The van der Waals surface area contributed by atoms with Gasteiger partial charge in [-0.05, 0) is 42.7 Å². The molecule has 1 aliphatic heterocycles. The van der Waals surface area contributed by atoms with Crippen molar-refractivity contribution in [2.75, 3.05) is 35.6 Å². The first-order valence-corrected chi connectivity index (χ1v) is 10.8. The highest BCUT2D eigenvalue weighted by Gasteiger charge is 2.28. The first kappa shape index (κ1) is 20.7. The van der Waals surface area contributed by atoms with Crippen LogP contribution in [0, 0.1) is 0 Å². The van der Waals surface area contributed by atoms with E-state index in [4.69, 9.17) is 4.74 Å². The van der Waals surface area contributed by atoms with Crippen LogP contribution >= 0.6 is 0 Å². The van der Waals surface area contributed by atoms with Crippen LogP contribution in [0.5, 0.6) is 5.75 Å². The minimum absolute atomic E-state index is 0.109. The number of rotatable bonds is 6. The van der Waals surface area contributed by atoms with Crippen molar-refractivity contribution >= 4 is 33.2 Å². The average Bonchev–Trinajstić information content (AvgIpc) is 3.07. The van der Waals surface area contributed by atoms with Crippen molar-refractivity contribution in [3.8, 4) is 5.75 Å². The number of benzene rings is 2. The third-order valence-corrected chi connectivity index (χ3v) is 6.44. The summed E-state index contributed by atoms with van der Waals surface area (Å²) in [6, 6.07) is 13.9. The maximum absolute atomic E-state index is 12.2. The Morgan fingerprint density at radius 1 is 1.10 bits per heavy atom. The molecule has 0 radical (unpaired) electrons. The summed E-state index contributed by atoms with van der Waals surface area (Å²) in [6.45, 7) is 0.682. The Balaban J connectivity index is 1.56. The fourth-order valence-corrected chi connectivity index (χ4v) is 4.71. The number of carbonyl (C=O) groups is 2. The van der Waals surface area contributed by atoms with E-state index in [-0.39, 0.29) is 12.3 Å². The molecule has 0 spiro atoms. The van der Waals surface area contributed by atoms with Gasteiger partial charge in [-0.25, -0.2) is 8.42 Å². The monoisotopic (exact) mass is 417 g/mol. The van der Waals surface area contributed by atoms with E-state index >= 15 is 0 Å². The van der Waals surface area contributed by atoms with Crippen molar-refractivity contribution in [1.29, 1.82) is 0 Å². The number of para-hydroxylation sites is 1. The summed E-state index contributed by atoms with van der Waals surface area (Å²) < 4.78 is 30.7. The standard InChI is InChI=1S/C20H23N3O5S/c1-28-18-9-3-2-6-15(18)10-11-21-19(24)20(25)22-16-7-4-8-17(14-16)23-12-5-13-29(23,26)27/h2-4,6-9,14H,5,10-13H2,1H3,(H,21,24)(H,22,25). The zero-order valence-corrected chi connectivity index (χ0v) is 16.9. The van der Waals surface area contributed by atoms with Crippen molar-refractivity contribution < 1.29 is 22.7 Å². The fraction of sp³-hybridized carbons (Fsp3) is 0.300. The molecule has 3 rings (SSSR count). The van der Waals surface area contributed by atoms with E-state index in [1.54, 1.807) is 31.4 Å². The van der Waals surface area contributed by atoms with Gasteiger partial charge in [-0.1, -0.05) is 24.3 Å². The molecule has 8 nitrogen and oxygen atoms in total. The summed E-state index contributed by atoms with van der Waals surface area (Å²) in [7, 11) is -1.74. The molecular weight excluding hydrogens is 394 g/mol. The Bertz CT molecular complexity index is 1010. The van der Waals surface area contributed by atoms with Crippen LogP contribution in [0.3, 0.4) is 0 Å². The van der Waals surface area contributed by atoms with Gasteiger partial charge in [0.2, 0.25) is 10.0 Å². The van der Waals surface area contributed by atoms with E-state index in [9.17, 15) is 18.0 Å². The third kappa shape index (κ3) is 5.05. The lowest BCUT2D eigenvalue weighted by Gasteiger charge is -2.17. The molecule has 9 heteroatoms. The molecule has 2 aromatic carbocycles. The highest BCUT2D eigenvalue weighted by Crippen LogP contribution is 2.26. The second-order valence-electron chi connectivity index (χ2n) is 6.56. The Kier molecular flexibility index (Phi) is 6.38. The van der Waals surface area contributed by atoms with Crippen LogP contribution < -0.4 is 19.7 Å². The Labute approximate surface area is 169 Å². The number of methoxy groups -OCH3 is 1. The SMILES string of the molecule is COc1ccccc1CCNC(=O)C(=O)Nc1cccc(N2CCCS2(=O)=O)c1. The second kappa shape index (κ2) is 8.95. The van der Waals surface area contributed by atoms with E-state index in [1.165, 1.54) is 4.31 Å². The maximum atomic E-state index is 12.2. The number of hydrogen-bond donors (Lipinski definition) is 2. The zero-order chi connectivity index (χ0) is 20.9. The average molecular weight is 417 g/mol. The van der Waals surface area contributed by atoms with Crippen LogP contribution in [-0.2, 0) is 26.0 Å². The molecular formula is C20H23N3O5S. The summed E-state index contributed by atoms with van der Waals surface area (Å²) >= 11 is 0. The second-order valence-corrected chi connectivity index (χ2v) is 8.58. The quantitative estimate of drug-likeness (QED) is 0.694. The maximum Gasteiger partial charge on any atom is 0.313 e. The van der Waals surface area contributed by atoms with Gasteiger partial charge in [0, 0.05) is 18.8 Å². The van der Waals surface area contributed by atoms with Crippen LogP contribution in [0.2, 0.25) is 0 Å². The zero-order valence-electron chi connectivity index (χ0n) is 16.1. The fourth-order valence-electron chi connectivity index (χ4n) is 3.16. The number of nitrogens with zero attached hydrogens (tertiary/aromatic N) is 1. The van der Waals surface area contributed by atoms with Crippen molar-refractivity contribution in [1.82, 2.24) is 5.32 Å². The Hall–Kier alpha value is -3.07. The number of sulfonamides is 1. The van der Waals surface area contributed by atoms with Gasteiger partial charge in [-0.2, -0.15) is 0 Å². The van der Waals surface area contributed by atoms with E-state index < -0.39 is 21.8 Å². The van der Waals surface area contributed by atoms with Crippen LogP contribution in [0.4, 0.5) is 11.4 Å². The molecule has 2 amide bonds. The lowest BCUT2D eigenvalue weighted by atomic mass is 10.1. The smallest absolute Gasteiger partial charge is 0.313 e. The summed E-state index contributed by atoms with van der Waals surface area (Å²) in [5.41, 5.74) is 1.75. The first-order chi connectivity index (χ1) is 13.9. The van der Waals surface area contributed by atoms with Gasteiger partial charge in [0.1, 0.15) is 5.75 Å². The summed E-state index contributed by atoms with van der Waals surface area (Å²) in [6.07, 6.45) is 1.08. The number of anilines is 2. The first-order valence-electron chi connectivity index (χ1n) is 9.22. The normalized spacial score (nSPS) is 15.0. The molecule has 1 fully saturated rings. The van der Waals surface area contributed by atoms with E-state index in [0.29, 0.717) is 30.8 Å². The van der Waals surface area contributed by atoms with Crippen molar-refractivity contribution in [3.05, 3.63) is 54.1 Å². The summed E-state index contributed by atoms with van der Waals surface area (Å²) in [4.78, 5) is 24.2. The molecule has 1 aliphatic rings. The molecule has 0 saturated carbocycles. The van der Waals surface area contributed by atoms with Crippen LogP contribution in [0.15, 0.2) is 48.5 Å². The minimum atomic E-state index is -3.31. The van der Waals surface area contributed by atoms with Crippen molar-refractivity contribution in [2.45, 2.75) is 12.8 Å². The number of ether oxygens (including phenoxy) is 1. The molecule has 29 heavy (non-hydrogen) atoms. The number of amides is 2. The van der Waals surface area contributed by atoms with E-state index in [0.717, 1.165) is 11.3 Å². The number of carbonyl (C=O) groups excluding carboxylic acids is 2. The van der Waals surface area contributed by atoms with Gasteiger partial charge in [-0.3, -0.25) is 13.9 Å². The molecule has 1 saturated heterocycles. The lowest BCUT2D eigenvalue weighted by Crippen LogP contribution is -2.36. The van der Waals surface area contributed by atoms with Crippen LogP contribution in [0.1, 0.15) is 12.0 Å². The highest BCUT2D eigenvalue weighted by molar-refractivity contribution is 7.93. The van der Waals surface area contributed by atoms with Gasteiger partial charge in [-0.15, -0.1) is 0 Å². The summed E-state index contributed by atoms with van der Waals surface area (Å²) in [5.74, 6) is -0.747. The van der Waals surface area contributed by atoms with Gasteiger partial charge < -0.3 is 15.4 Å². The summed E-state index contributed by atoms with van der Waals surface area (Å²) in [5, 5.41) is 5.08. The highest BCUT2D eigenvalue weighted by atomic mass is 32.2. The van der Waals surface area contributed by atoms with Crippen molar-refractivity contribution in [3.63, 3.8) is 0 Å². The lowest BCUT2D eigenvalue weighted by molar-refractivity contribution is -0.136. The van der Waals surface area contributed by atoms with Gasteiger partial charge in [0.25, 0.3) is 0 Å². The van der Waals surface area contributed by atoms with Gasteiger partial charge >= 0.3 is 11.8 Å². The van der Waals surface area contributed by atoms with Crippen LogP contribution in [-0.4, -0.2) is 46.2 Å². The predicted octanol–water partition coefficient (Wildman–Crippen LogP) is 1.53. The molecule has 154 valence electrons. The molecule has 0 bridgehead atoms. The molecule has 2 N–H and O–H groups in total. The minimum Gasteiger partial charge on any atom is -0.496 e. The predicted molar refractivity (Wildman–Crippen MR) is 111 cm³/mol. The topological polar surface area (TPSA) is 105 Å².